The summed E-state index contributed by atoms with van der Waals surface area (Å²) in [7, 11) is 0. The molecule has 1 unspecified atom stereocenters. The number of nitrogens with zero attached hydrogens (tertiary/aromatic N) is 3. The summed E-state index contributed by atoms with van der Waals surface area (Å²) in [6.07, 6.45) is -4.82. The highest BCUT2D eigenvalue weighted by atomic mass is 32.2. The molecule has 2 aromatic carbocycles. The van der Waals surface area contributed by atoms with Crippen LogP contribution in [-0.4, -0.2) is 45.0 Å². The van der Waals surface area contributed by atoms with E-state index in [9.17, 15) is 26.3 Å². The third kappa shape index (κ3) is 5.29. The summed E-state index contributed by atoms with van der Waals surface area (Å²) in [6.45, 7) is 1.19. The molecule has 7 nitrogen and oxygen atoms in total. The van der Waals surface area contributed by atoms with Crippen LogP contribution in [0.2, 0.25) is 0 Å². The van der Waals surface area contributed by atoms with E-state index in [1.165, 1.54) is 24.3 Å². The van der Waals surface area contributed by atoms with Gasteiger partial charge in [0, 0.05) is 35.6 Å². The summed E-state index contributed by atoms with van der Waals surface area (Å²) in [5, 5.41) is 0. The quantitative estimate of drug-likeness (QED) is 0.438. The van der Waals surface area contributed by atoms with E-state index in [0.717, 1.165) is 12.1 Å². The Morgan fingerprint density at radius 1 is 1.03 bits per heavy atom. The first kappa shape index (κ1) is 23.1. The number of rotatable bonds is 5. The van der Waals surface area contributed by atoms with Crippen molar-refractivity contribution in [1.82, 2.24) is 9.97 Å². The van der Waals surface area contributed by atoms with Crippen LogP contribution in [0.15, 0.2) is 48.5 Å². The number of morpholine rings is 1. The van der Waals surface area contributed by atoms with Crippen LogP contribution >= 0.6 is 0 Å². The second kappa shape index (κ2) is 9.41. The lowest BCUT2D eigenvalue weighted by atomic mass is 9.98. The largest absolute Gasteiger partial charge is 0.755 e. The van der Waals surface area contributed by atoms with E-state index in [1.54, 1.807) is 17.0 Å². The predicted octanol–water partition coefficient (Wildman–Crippen LogP) is 4.01. The molecule has 3 aromatic rings. The molecule has 174 valence electrons. The van der Waals surface area contributed by atoms with Gasteiger partial charge in [-0.25, -0.2) is 14.4 Å². The molecule has 0 radical (unpaired) electrons. The fourth-order valence-electron chi connectivity index (χ4n) is 3.50. The molecule has 12 heteroatoms. The Kier molecular flexibility index (Phi) is 6.58. The smallest absolute Gasteiger partial charge is 0.451 e. The monoisotopic (exact) mass is 481 g/mol. The summed E-state index contributed by atoms with van der Waals surface area (Å²) in [6, 6.07) is 11.1. The Hall–Kier alpha value is -3.09. The van der Waals surface area contributed by atoms with E-state index in [0.29, 0.717) is 31.9 Å². The van der Waals surface area contributed by atoms with Crippen molar-refractivity contribution >= 4 is 22.8 Å². The number of hydrogen-bond acceptors (Lipinski definition) is 6. The van der Waals surface area contributed by atoms with Gasteiger partial charge >= 0.3 is 6.18 Å². The maximum absolute atomic E-state index is 13.7. The number of benzene rings is 2. The molecule has 2 heterocycles. The van der Waals surface area contributed by atoms with Gasteiger partial charge in [0.2, 0.25) is 5.82 Å². The average molecular weight is 481 g/mol. The van der Waals surface area contributed by atoms with Gasteiger partial charge in [0.05, 0.1) is 24.5 Å². The molecule has 0 aliphatic carbocycles. The number of ether oxygens (including phenoxy) is 1. The highest BCUT2D eigenvalue weighted by Crippen LogP contribution is 2.41. The van der Waals surface area contributed by atoms with Gasteiger partial charge in [-0.15, -0.1) is 0 Å². The number of alkyl halides is 3. The number of anilines is 2. The molecule has 1 aliphatic rings. The van der Waals surface area contributed by atoms with Crippen LogP contribution < -0.4 is 9.62 Å². The van der Waals surface area contributed by atoms with Gasteiger partial charge in [-0.2, -0.15) is 13.2 Å². The maximum Gasteiger partial charge on any atom is 0.451 e. The van der Waals surface area contributed by atoms with Gasteiger partial charge in [0.15, 0.2) is 0 Å². The van der Waals surface area contributed by atoms with E-state index >= 15 is 0 Å². The van der Waals surface area contributed by atoms with Crippen LogP contribution in [0.5, 0.6) is 0 Å². The van der Waals surface area contributed by atoms with E-state index in [-0.39, 0.29) is 28.3 Å². The average Bonchev–Trinajstić information content (AvgIpc) is 2.78. The van der Waals surface area contributed by atoms with Crippen molar-refractivity contribution in [2.24, 2.45) is 0 Å². The zero-order valence-electron chi connectivity index (χ0n) is 16.9. The van der Waals surface area contributed by atoms with Gasteiger partial charge in [-0.3, -0.25) is 4.21 Å². The van der Waals surface area contributed by atoms with E-state index < -0.39 is 29.1 Å². The van der Waals surface area contributed by atoms with E-state index in [4.69, 9.17) is 4.74 Å². The lowest BCUT2D eigenvalue weighted by molar-refractivity contribution is -0.144. The molecular formula is C21H17F4N4O3S-. The molecule has 4 rings (SSSR count). The number of hydrogen-bond donors (Lipinski definition) is 1. The van der Waals surface area contributed by atoms with Gasteiger partial charge in [-0.1, -0.05) is 12.1 Å². The molecule has 0 spiro atoms. The topological polar surface area (TPSA) is 90.4 Å². The first-order valence-corrected chi connectivity index (χ1v) is 10.8. The van der Waals surface area contributed by atoms with Crippen LogP contribution in [0.4, 0.5) is 29.1 Å². The molecule has 1 fully saturated rings. The zero-order chi connectivity index (χ0) is 23.6. The standard InChI is InChI=1S/C21H18F4N4O3S/c22-15-6-4-13(5-7-15)18-17(14-2-1-3-16(12-14)28-33(30)31)19(29-8-10-32-11-9-29)27-20(26-18)21(23,24)25/h1-7,12,28H,8-11H2,(H,30,31)/p-1. The molecule has 1 aromatic heterocycles. The fraction of sp³-hybridized carbons (Fsp3) is 0.238. The second-order valence-corrected chi connectivity index (χ2v) is 7.79. The minimum absolute atomic E-state index is 0.0281. The van der Waals surface area contributed by atoms with Crippen LogP contribution in [-0.2, 0) is 22.2 Å². The third-order valence-corrected chi connectivity index (χ3v) is 5.33. The first-order chi connectivity index (χ1) is 15.7. The number of nitrogens with one attached hydrogen (secondary N) is 1. The SMILES string of the molecule is O=S([O-])Nc1cccc(-c2c(-c3ccc(F)cc3)nc(C(F)(F)F)nc2N2CCOCC2)c1. The molecule has 1 aliphatic heterocycles. The molecule has 1 atom stereocenters. The predicted molar refractivity (Wildman–Crippen MR) is 113 cm³/mol. The van der Waals surface area contributed by atoms with E-state index in [1.807, 2.05) is 0 Å². The summed E-state index contributed by atoms with van der Waals surface area (Å²) in [5.41, 5.74) is 1.05. The van der Waals surface area contributed by atoms with Crippen LogP contribution in [0.1, 0.15) is 5.82 Å². The molecule has 0 amide bonds. The summed E-state index contributed by atoms with van der Waals surface area (Å²) in [4.78, 5) is 9.33. The summed E-state index contributed by atoms with van der Waals surface area (Å²) in [5.74, 6) is -1.86. The van der Waals surface area contributed by atoms with Crippen LogP contribution in [0.3, 0.4) is 0 Å². The summed E-state index contributed by atoms with van der Waals surface area (Å²) < 4.78 is 84.5. The fourth-order valence-corrected chi connectivity index (χ4v) is 3.82. The molecular weight excluding hydrogens is 464 g/mol. The minimum atomic E-state index is -4.82. The van der Waals surface area contributed by atoms with Crippen LogP contribution in [0.25, 0.3) is 22.4 Å². The van der Waals surface area contributed by atoms with Crippen molar-refractivity contribution in [3.8, 4) is 22.4 Å². The molecule has 0 bridgehead atoms. The maximum atomic E-state index is 13.7. The normalized spacial score (nSPS) is 15.4. The molecule has 33 heavy (non-hydrogen) atoms. The number of halogens is 4. The zero-order valence-corrected chi connectivity index (χ0v) is 17.8. The Balaban J connectivity index is 2.00. The second-order valence-electron chi connectivity index (χ2n) is 7.12. The Morgan fingerprint density at radius 3 is 2.36 bits per heavy atom. The number of aromatic nitrogens is 2. The van der Waals surface area contributed by atoms with Gasteiger partial charge < -0.3 is 18.9 Å². The van der Waals surface area contributed by atoms with E-state index in [2.05, 4.69) is 14.7 Å². The molecule has 1 N–H and O–H groups in total. The van der Waals surface area contributed by atoms with Gasteiger partial charge in [0.1, 0.15) is 11.6 Å². The first-order valence-electron chi connectivity index (χ1n) is 9.76. The van der Waals surface area contributed by atoms with Crippen molar-refractivity contribution in [3.63, 3.8) is 0 Å². The van der Waals surface area contributed by atoms with Crippen LogP contribution in [0, 0.1) is 5.82 Å². The van der Waals surface area contributed by atoms with Gasteiger partial charge in [0.25, 0.3) is 0 Å². The lowest BCUT2D eigenvalue weighted by Crippen LogP contribution is -2.37. The Morgan fingerprint density at radius 2 is 1.73 bits per heavy atom. The lowest BCUT2D eigenvalue weighted by Gasteiger charge is -2.31. The van der Waals surface area contributed by atoms with Crippen molar-refractivity contribution < 1.29 is 31.1 Å². The van der Waals surface area contributed by atoms with Crippen molar-refractivity contribution in [2.45, 2.75) is 6.18 Å². The third-order valence-electron chi connectivity index (χ3n) is 4.92. The Bertz CT molecular complexity index is 1170. The van der Waals surface area contributed by atoms with Crippen molar-refractivity contribution in [3.05, 3.63) is 60.2 Å². The molecule has 1 saturated heterocycles. The van der Waals surface area contributed by atoms with Crippen molar-refractivity contribution in [1.29, 1.82) is 0 Å². The highest BCUT2D eigenvalue weighted by molar-refractivity contribution is 7.80. The van der Waals surface area contributed by atoms with Gasteiger partial charge in [-0.05, 0) is 42.0 Å². The minimum Gasteiger partial charge on any atom is -0.755 e. The highest BCUT2D eigenvalue weighted by Gasteiger charge is 2.37. The molecule has 0 saturated carbocycles. The van der Waals surface area contributed by atoms with Crippen molar-refractivity contribution in [2.75, 3.05) is 35.9 Å². The summed E-state index contributed by atoms with van der Waals surface area (Å²) >= 11 is -2.60. The Labute approximate surface area is 188 Å².